The zero-order valence-electron chi connectivity index (χ0n) is 13.4. The van der Waals surface area contributed by atoms with Crippen LogP contribution in [0.5, 0.6) is 5.75 Å². The third kappa shape index (κ3) is 4.15. The van der Waals surface area contributed by atoms with Crippen molar-refractivity contribution < 1.29 is 14.3 Å². The number of nitrogens with one attached hydrogen (secondary N) is 2. The quantitative estimate of drug-likeness (QED) is 0.831. The lowest BCUT2D eigenvalue weighted by molar-refractivity contribution is -0.128. The van der Waals surface area contributed by atoms with Crippen molar-refractivity contribution in [1.82, 2.24) is 15.5 Å². The summed E-state index contributed by atoms with van der Waals surface area (Å²) in [7, 11) is 1.64. The lowest BCUT2D eigenvalue weighted by Gasteiger charge is -2.16. The third-order valence-corrected chi connectivity index (χ3v) is 4.34. The van der Waals surface area contributed by atoms with Gasteiger partial charge in [0.2, 0.25) is 5.91 Å². The van der Waals surface area contributed by atoms with Crippen molar-refractivity contribution in [3.8, 4) is 5.75 Å². The van der Waals surface area contributed by atoms with Crippen LogP contribution < -0.4 is 15.4 Å². The van der Waals surface area contributed by atoms with E-state index in [9.17, 15) is 9.59 Å². The van der Waals surface area contributed by atoms with E-state index in [1.165, 1.54) is 0 Å². The number of likely N-dealkylation sites (tertiary alicyclic amines) is 1. The van der Waals surface area contributed by atoms with Gasteiger partial charge < -0.3 is 20.3 Å². The minimum Gasteiger partial charge on any atom is -0.497 e. The van der Waals surface area contributed by atoms with E-state index < -0.39 is 0 Å². The van der Waals surface area contributed by atoms with Crippen LogP contribution in [-0.2, 0) is 11.2 Å². The molecule has 6 heteroatoms. The number of hydrogen-bond acceptors (Lipinski definition) is 3. The fourth-order valence-electron chi connectivity index (χ4n) is 2.92. The van der Waals surface area contributed by atoms with Crippen molar-refractivity contribution in [3.63, 3.8) is 0 Å². The molecule has 0 spiro atoms. The number of benzene rings is 1. The summed E-state index contributed by atoms with van der Waals surface area (Å²) in [5.41, 5.74) is 1.14. The Morgan fingerprint density at radius 2 is 2.04 bits per heavy atom. The van der Waals surface area contributed by atoms with E-state index in [0.29, 0.717) is 25.6 Å². The normalized spacial score (nSPS) is 20.5. The molecular weight excluding hydrogens is 294 g/mol. The summed E-state index contributed by atoms with van der Waals surface area (Å²) in [5.74, 6) is 0.988. The number of carbonyl (C=O) groups excluding carboxylic acids is 2. The average Bonchev–Trinajstić information content (AvgIpc) is 3.32. The molecule has 1 aliphatic carbocycles. The highest BCUT2D eigenvalue weighted by atomic mass is 16.5. The topological polar surface area (TPSA) is 70.7 Å². The molecule has 1 saturated heterocycles. The van der Waals surface area contributed by atoms with Gasteiger partial charge in [-0.05, 0) is 37.0 Å². The highest BCUT2D eigenvalue weighted by Gasteiger charge is 2.39. The highest BCUT2D eigenvalue weighted by molar-refractivity contribution is 5.82. The molecular formula is C17H23N3O3. The van der Waals surface area contributed by atoms with Gasteiger partial charge in [0.25, 0.3) is 0 Å². The maximum absolute atomic E-state index is 11.9. The van der Waals surface area contributed by atoms with Crippen LogP contribution in [0.15, 0.2) is 24.3 Å². The Balaban J connectivity index is 1.37. The highest BCUT2D eigenvalue weighted by Crippen LogP contribution is 2.30. The number of urea groups is 1. The molecule has 1 heterocycles. The number of carbonyl (C=O) groups is 2. The monoisotopic (exact) mass is 317 g/mol. The molecule has 23 heavy (non-hydrogen) atoms. The first-order chi connectivity index (χ1) is 11.2. The van der Waals surface area contributed by atoms with Crippen molar-refractivity contribution in [3.05, 3.63) is 29.8 Å². The van der Waals surface area contributed by atoms with Crippen LogP contribution in [0, 0.1) is 0 Å². The van der Waals surface area contributed by atoms with Gasteiger partial charge in [-0.2, -0.15) is 0 Å². The molecule has 124 valence electrons. The first-order valence-electron chi connectivity index (χ1n) is 8.12. The Kier molecular flexibility index (Phi) is 4.69. The second-order valence-electron chi connectivity index (χ2n) is 6.18. The van der Waals surface area contributed by atoms with Gasteiger partial charge in [0.05, 0.1) is 13.2 Å². The number of nitrogens with zero attached hydrogens (tertiary/aromatic N) is 1. The Morgan fingerprint density at radius 1 is 1.30 bits per heavy atom. The zero-order valence-corrected chi connectivity index (χ0v) is 13.4. The molecule has 0 aromatic heterocycles. The summed E-state index contributed by atoms with van der Waals surface area (Å²) >= 11 is 0. The van der Waals surface area contributed by atoms with Crippen LogP contribution in [0.4, 0.5) is 4.79 Å². The minimum absolute atomic E-state index is 0.0657. The summed E-state index contributed by atoms with van der Waals surface area (Å²) in [6, 6.07) is 7.95. The Bertz CT molecular complexity index is 569. The zero-order chi connectivity index (χ0) is 16.2. The summed E-state index contributed by atoms with van der Waals surface area (Å²) in [4.78, 5) is 25.7. The van der Waals surface area contributed by atoms with Crippen LogP contribution in [-0.4, -0.2) is 49.1 Å². The number of hydrogen-bond donors (Lipinski definition) is 2. The van der Waals surface area contributed by atoms with E-state index in [2.05, 4.69) is 10.6 Å². The largest absolute Gasteiger partial charge is 0.497 e. The van der Waals surface area contributed by atoms with Crippen LogP contribution >= 0.6 is 0 Å². The van der Waals surface area contributed by atoms with Crippen molar-refractivity contribution in [2.45, 2.75) is 37.8 Å². The standard InChI is InChI=1S/C17H23N3O3/c1-23-15-6-2-12(3-7-15)8-9-18-17(22)19-13-10-16(21)20(11-13)14-4-5-14/h2-3,6-7,13-14H,4-5,8-11H2,1H3,(H2,18,19,22)/t13-/m1/s1. The fourth-order valence-corrected chi connectivity index (χ4v) is 2.92. The van der Waals surface area contributed by atoms with Gasteiger partial charge in [-0.25, -0.2) is 4.79 Å². The molecule has 1 atom stereocenters. The van der Waals surface area contributed by atoms with Crippen LogP contribution in [0.1, 0.15) is 24.8 Å². The van der Waals surface area contributed by atoms with E-state index in [1.54, 1.807) is 7.11 Å². The molecule has 1 aromatic carbocycles. The molecule has 1 aliphatic heterocycles. The lowest BCUT2D eigenvalue weighted by atomic mass is 10.1. The van der Waals surface area contributed by atoms with Crippen LogP contribution in [0.3, 0.4) is 0 Å². The number of ether oxygens (including phenoxy) is 1. The molecule has 2 fully saturated rings. The van der Waals surface area contributed by atoms with Gasteiger partial charge in [-0.1, -0.05) is 12.1 Å². The van der Waals surface area contributed by atoms with Gasteiger partial charge in [-0.3, -0.25) is 4.79 Å². The molecule has 0 unspecified atom stereocenters. The minimum atomic E-state index is -0.200. The number of methoxy groups -OCH3 is 1. The predicted molar refractivity (Wildman–Crippen MR) is 86.4 cm³/mol. The first-order valence-corrected chi connectivity index (χ1v) is 8.12. The SMILES string of the molecule is COc1ccc(CCNC(=O)N[C@@H]2CC(=O)N(C3CC3)C2)cc1. The smallest absolute Gasteiger partial charge is 0.315 e. The van der Waals surface area contributed by atoms with Crippen molar-refractivity contribution >= 4 is 11.9 Å². The summed E-state index contributed by atoms with van der Waals surface area (Å²) < 4.78 is 5.11. The van der Waals surface area contributed by atoms with E-state index >= 15 is 0 Å². The third-order valence-electron chi connectivity index (χ3n) is 4.34. The van der Waals surface area contributed by atoms with Gasteiger partial charge in [0, 0.05) is 25.6 Å². The molecule has 0 radical (unpaired) electrons. The molecule has 1 saturated carbocycles. The van der Waals surface area contributed by atoms with Crippen LogP contribution in [0.25, 0.3) is 0 Å². The van der Waals surface area contributed by atoms with Gasteiger partial charge in [0.15, 0.2) is 0 Å². The van der Waals surface area contributed by atoms with E-state index in [0.717, 1.165) is 30.6 Å². The van der Waals surface area contributed by atoms with Crippen molar-refractivity contribution in [2.75, 3.05) is 20.2 Å². The molecule has 2 N–H and O–H groups in total. The second-order valence-corrected chi connectivity index (χ2v) is 6.18. The summed E-state index contributed by atoms with van der Waals surface area (Å²) in [5, 5.41) is 5.74. The predicted octanol–water partition coefficient (Wildman–Crippen LogP) is 1.30. The Hall–Kier alpha value is -2.24. The van der Waals surface area contributed by atoms with Crippen molar-refractivity contribution in [1.29, 1.82) is 0 Å². The second kappa shape index (κ2) is 6.89. The van der Waals surface area contributed by atoms with Crippen LogP contribution in [0.2, 0.25) is 0 Å². The molecule has 2 aliphatic rings. The summed E-state index contributed by atoms with van der Waals surface area (Å²) in [6.45, 7) is 1.21. The van der Waals surface area contributed by atoms with Gasteiger partial charge >= 0.3 is 6.03 Å². The maximum atomic E-state index is 11.9. The molecule has 0 bridgehead atoms. The fraction of sp³-hybridized carbons (Fsp3) is 0.529. The van der Waals surface area contributed by atoms with Crippen molar-refractivity contribution in [2.24, 2.45) is 0 Å². The van der Waals surface area contributed by atoms with Gasteiger partial charge in [-0.15, -0.1) is 0 Å². The Labute approximate surface area is 136 Å². The number of amides is 3. The average molecular weight is 317 g/mol. The van der Waals surface area contributed by atoms with E-state index in [1.807, 2.05) is 29.2 Å². The lowest BCUT2D eigenvalue weighted by Crippen LogP contribution is -2.44. The van der Waals surface area contributed by atoms with E-state index in [-0.39, 0.29) is 18.0 Å². The summed E-state index contributed by atoms with van der Waals surface area (Å²) in [6.07, 6.45) is 3.39. The Morgan fingerprint density at radius 3 is 2.70 bits per heavy atom. The molecule has 1 aromatic rings. The maximum Gasteiger partial charge on any atom is 0.315 e. The number of rotatable bonds is 6. The molecule has 3 rings (SSSR count). The van der Waals surface area contributed by atoms with Gasteiger partial charge in [0.1, 0.15) is 5.75 Å². The molecule has 3 amide bonds. The van der Waals surface area contributed by atoms with E-state index in [4.69, 9.17) is 4.74 Å². The molecule has 6 nitrogen and oxygen atoms in total. The first kappa shape index (κ1) is 15.6.